The van der Waals surface area contributed by atoms with Gasteiger partial charge in [0.1, 0.15) is 0 Å². The number of aromatic nitrogens is 1. The van der Waals surface area contributed by atoms with Crippen molar-refractivity contribution < 1.29 is 4.79 Å². The van der Waals surface area contributed by atoms with Gasteiger partial charge in [-0.05, 0) is 44.0 Å². The Bertz CT molecular complexity index is 848. The van der Waals surface area contributed by atoms with Gasteiger partial charge in [-0.25, -0.2) is 0 Å². The number of anilines is 1. The molecule has 0 fully saturated rings. The van der Waals surface area contributed by atoms with E-state index in [1.54, 1.807) is 0 Å². The number of amides is 1. The first-order chi connectivity index (χ1) is 10.6. The van der Waals surface area contributed by atoms with Crippen LogP contribution in [0.25, 0.3) is 10.9 Å². The fourth-order valence-electron chi connectivity index (χ4n) is 2.69. The molecule has 110 valence electrons. The molecule has 0 aliphatic carbocycles. The Morgan fingerprint density at radius 1 is 0.955 bits per heavy atom. The Morgan fingerprint density at radius 3 is 2.36 bits per heavy atom. The third-order valence-corrected chi connectivity index (χ3v) is 3.81. The molecule has 3 rings (SSSR count). The van der Waals surface area contributed by atoms with Gasteiger partial charge in [0.25, 0.3) is 5.91 Å². The molecule has 0 aliphatic heterocycles. The van der Waals surface area contributed by atoms with E-state index >= 15 is 0 Å². The van der Waals surface area contributed by atoms with Crippen LogP contribution < -0.4 is 5.32 Å². The number of carbonyl (C=O) groups excluding carboxylic acids is 1. The summed E-state index contributed by atoms with van der Waals surface area (Å²) >= 11 is 0. The average molecular weight is 290 g/mol. The van der Waals surface area contributed by atoms with Crippen LogP contribution in [0.2, 0.25) is 0 Å². The Hall–Kier alpha value is -2.68. The fraction of sp³-hybridized carbons (Fsp3) is 0.158. The SMILES string of the molecule is Cc1cc(C(=O)Nc2c(C)cccc2C)c2ccccc2n1. The lowest BCUT2D eigenvalue weighted by atomic mass is 10.1. The number of aryl methyl sites for hydroxylation is 3. The Balaban J connectivity index is 2.06. The van der Waals surface area contributed by atoms with E-state index in [9.17, 15) is 4.79 Å². The molecule has 1 N–H and O–H groups in total. The summed E-state index contributed by atoms with van der Waals surface area (Å²) in [5.74, 6) is -0.0981. The number of carbonyl (C=O) groups is 1. The van der Waals surface area contributed by atoms with E-state index in [4.69, 9.17) is 0 Å². The molecule has 0 spiro atoms. The van der Waals surface area contributed by atoms with Gasteiger partial charge < -0.3 is 5.32 Å². The molecule has 0 bridgehead atoms. The van der Waals surface area contributed by atoms with Crippen molar-refractivity contribution in [3.8, 4) is 0 Å². The molecule has 0 saturated carbocycles. The van der Waals surface area contributed by atoms with Crippen molar-refractivity contribution in [1.82, 2.24) is 4.98 Å². The number of rotatable bonds is 2. The van der Waals surface area contributed by atoms with E-state index in [0.717, 1.165) is 33.4 Å². The highest BCUT2D eigenvalue weighted by atomic mass is 16.1. The highest BCUT2D eigenvalue weighted by Crippen LogP contribution is 2.23. The first-order valence-electron chi connectivity index (χ1n) is 7.30. The average Bonchev–Trinajstić information content (AvgIpc) is 2.50. The normalized spacial score (nSPS) is 10.7. The third-order valence-electron chi connectivity index (χ3n) is 3.81. The van der Waals surface area contributed by atoms with Gasteiger partial charge in [0.05, 0.1) is 11.1 Å². The van der Waals surface area contributed by atoms with Crippen molar-refractivity contribution in [2.24, 2.45) is 0 Å². The highest BCUT2D eigenvalue weighted by molar-refractivity contribution is 6.12. The summed E-state index contributed by atoms with van der Waals surface area (Å²) in [7, 11) is 0. The van der Waals surface area contributed by atoms with Gasteiger partial charge in [0.2, 0.25) is 0 Å². The lowest BCUT2D eigenvalue weighted by Crippen LogP contribution is -2.14. The van der Waals surface area contributed by atoms with Crippen molar-refractivity contribution in [3.05, 3.63) is 70.9 Å². The minimum Gasteiger partial charge on any atom is -0.321 e. The van der Waals surface area contributed by atoms with Gasteiger partial charge in [-0.1, -0.05) is 36.4 Å². The predicted octanol–water partition coefficient (Wildman–Crippen LogP) is 4.41. The zero-order chi connectivity index (χ0) is 15.7. The number of fused-ring (bicyclic) bond motifs is 1. The summed E-state index contributed by atoms with van der Waals surface area (Å²) in [6.45, 7) is 5.90. The molecular weight excluding hydrogens is 272 g/mol. The molecule has 0 radical (unpaired) electrons. The third kappa shape index (κ3) is 2.58. The number of para-hydroxylation sites is 2. The standard InChI is InChI=1S/C19H18N2O/c1-12-7-6-8-13(2)18(12)21-19(22)16-11-14(3)20-17-10-5-4-9-15(16)17/h4-11H,1-3H3,(H,21,22). The van der Waals surface area contributed by atoms with Crippen LogP contribution in [0.4, 0.5) is 5.69 Å². The van der Waals surface area contributed by atoms with Crippen molar-refractivity contribution in [2.75, 3.05) is 5.32 Å². The van der Waals surface area contributed by atoms with Crippen molar-refractivity contribution in [1.29, 1.82) is 0 Å². The fourth-order valence-corrected chi connectivity index (χ4v) is 2.69. The maximum Gasteiger partial charge on any atom is 0.256 e. The molecule has 1 heterocycles. The van der Waals surface area contributed by atoms with Gasteiger partial charge in [0.15, 0.2) is 0 Å². The summed E-state index contributed by atoms with van der Waals surface area (Å²) in [6.07, 6.45) is 0. The van der Waals surface area contributed by atoms with Crippen LogP contribution in [0.15, 0.2) is 48.5 Å². The van der Waals surface area contributed by atoms with Crippen LogP contribution in [0, 0.1) is 20.8 Å². The number of nitrogens with zero attached hydrogens (tertiary/aromatic N) is 1. The molecule has 0 saturated heterocycles. The predicted molar refractivity (Wildman–Crippen MR) is 90.3 cm³/mol. The number of benzene rings is 2. The molecule has 0 aliphatic rings. The first-order valence-corrected chi connectivity index (χ1v) is 7.30. The number of nitrogens with one attached hydrogen (secondary N) is 1. The lowest BCUT2D eigenvalue weighted by Gasteiger charge is -2.13. The number of hydrogen-bond donors (Lipinski definition) is 1. The first kappa shape index (κ1) is 14.3. The molecule has 1 aromatic heterocycles. The summed E-state index contributed by atoms with van der Waals surface area (Å²) in [5, 5.41) is 3.92. The second kappa shape index (κ2) is 5.60. The molecule has 3 heteroatoms. The number of hydrogen-bond acceptors (Lipinski definition) is 2. The Labute approximate surface area is 130 Å². The van der Waals surface area contributed by atoms with E-state index in [0.29, 0.717) is 5.56 Å². The van der Waals surface area contributed by atoms with Gasteiger partial charge in [0, 0.05) is 16.8 Å². The molecule has 3 aromatic rings. The quantitative estimate of drug-likeness (QED) is 0.759. The van der Waals surface area contributed by atoms with Gasteiger partial charge in [-0.3, -0.25) is 9.78 Å². The van der Waals surface area contributed by atoms with Crippen molar-refractivity contribution >= 4 is 22.5 Å². The molecule has 0 atom stereocenters. The van der Waals surface area contributed by atoms with Crippen molar-refractivity contribution in [2.45, 2.75) is 20.8 Å². The molecule has 0 unspecified atom stereocenters. The molecule has 22 heavy (non-hydrogen) atoms. The Kier molecular flexibility index (Phi) is 3.63. The van der Waals surface area contributed by atoms with E-state index in [1.165, 1.54) is 0 Å². The smallest absolute Gasteiger partial charge is 0.256 e. The van der Waals surface area contributed by atoms with Crippen LogP contribution in [0.1, 0.15) is 27.2 Å². The summed E-state index contributed by atoms with van der Waals surface area (Å²) < 4.78 is 0. The summed E-state index contributed by atoms with van der Waals surface area (Å²) in [4.78, 5) is 17.2. The zero-order valence-electron chi connectivity index (χ0n) is 13.0. The largest absolute Gasteiger partial charge is 0.321 e. The lowest BCUT2D eigenvalue weighted by molar-refractivity contribution is 0.102. The van der Waals surface area contributed by atoms with E-state index in [1.807, 2.05) is 69.3 Å². The topological polar surface area (TPSA) is 42.0 Å². The monoisotopic (exact) mass is 290 g/mol. The minimum atomic E-state index is -0.0981. The van der Waals surface area contributed by atoms with Crippen LogP contribution in [0.5, 0.6) is 0 Å². The minimum absolute atomic E-state index is 0.0981. The van der Waals surface area contributed by atoms with Crippen LogP contribution in [-0.4, -0.2) is 10.9 Å². The number of pyridine rings is 1. The van der Waals surface area contributed by atoms with E-state index in [2.05, 4.69) is 10.3 Å². The second-order valence-corrected chi connectivity index (χ2v) is 5.55. The second-order valence-electron chi connectivity index (χ2n) is 5.55. The van der Waals surface area contributed by atoms with Crippen LogP contribution in [0.3, 0.4) is 0 Å². The van der Waals surface area contributed by atoms with Crippen LogP contribution in [-0.2, 0) is 0 Å². The summed E-state index contributed by atoms with van der Waals surface area (Å²) in [6, 6.07) is 15.5. The van der Waals surface area contributed by atoms with Gasteiger partial charge in [-0.2, -0.15) is 0 Å². The highest BCUT2D eigenvalue weighted by Gasteiger charge is 2.13. The molecule has 2 aromatic carbocycles. The van der Waals surface area contributed by atoms with Gasteiger partial charge >= 0.3 is 0 Å². The molecule has 1 amide bonds. The molecule has 3 nitrogen and oxygen atoms in total. The van der Waals surface area contributed by atoms with E-state index in [-0.39, 0.29) is 5.91 Å². The maximum atomic E-state index is 12.7. The molecular formula is C19H18N2O. The van der Waals surface area contributed by atoms with Crippen LogP contribution >= 0.6 is 0 Å². The summed E-state index contributed by atoms with van der Waals surface area (Å²) in [5.41, 5.74) is 5.34. The van der Waals surface area contributed by atoms with Crippen molar-refractivity contribution in [3.63, 3.8) is 0 Å². The maximum absolute atomic E-state index is 12.7. The Morgan fingerprint density at radius 2 is 1.64 bits per heavy atom. The van der Waals surface area contributed by atoms with E-state index < -0.39 is 0 Å². The zero-order valence-corrected chi connectivity index (χ0v) is 13.0. The van der Waals surface area contributed by atoms with Gasteiger partial charge in [-0.15, -0.1) is 0 Å².